The van der Waals surface area contributed by atoms with Crippen LogP contribution in [0.4, 0.5) is 0 Å². The zero-order chi connectivity index (χ0) is 20.5. The van der Waals surface area contributed by atoms with Crippen molar-refractivity contribution in [3.8, 4) is 0 Å². The Balaban J connectivity index is 4.30. The molecule has 0 rings (SSSR count). The van der Waals surface area contributed by atoms with Crippen LogP contribution in [-0.4, -0.2) is 83.9 Å². The SMILES string of the molecule is COC(CCPCCC(CN)(CCPCCC(OC)OC)OC(C)C)OC. The van der Waals surface area contributed by atoms with Gasteiger partial charge in [-0.25, -0.2) is 0 Å². The minimum atomic E-state index is -0.196. The average Bonchev–Trinajstić information content (AvgIpc) is 2.66. The Morgan fingerprint density at radius 1 is 0.741 bits per heavy atom. The number of rotatable bonds is 19. The van der Waals surface area contributed by atoms with Gasteiger partial charge in [-0.15, -0.1) is 17.2 Å². The molecule has 0 aromatic heterocycles. The predicted octanol–water partition coefficient (Wildman–Crippen LogP) is 3.26. The lowest BCUT2D eigenvalue weighted by atomic mass is 9.97. The van der Waals surface area contributed by atoms with E-state index in [2.05, 4.69) is 13.8 Å². The van der Waals surface area contributed by atoms with Crippen LogP contribution in [0.15, 0.2) is 0 Å². The first-order chi connectivity index (χ1) is 13.0. The van der Waals surface area contributed by atoms with Gasteiger partial charge in [-0.3, -0.25) is 0 Å². The lowest BCUT2D eigenvalue weighted by Crippen LogP contribution is -2.43. The molecule has 0 aromatic rings. The molecule has 0 aliphatic carbocycles. The highest BCUT2D eigenvalue weighted by Gasteiger charge is 2.29. The van der Waals surface area contributed by atoms with Gasteiger partial charge in [-0.1, -0.05) is 0 Å². The van der Waals surface area contributed by atoms with Gasteiger partial charge in [-0.05, 0) is 51.3 Å². The molecule has 0 amide bonds. The largest absolute Gasteiger partial charge is 0.371 e. The Morgan fingerprint density at radius 3 is 1.44 bits per heavy atom. The van der Waals surface area contributed by atoms with Gasteiger partial charge < -0.3 is 29.4 Å². The molecular formula is C19H43NO5P2. The third-order valence-electron chi connectivity index (χ3n) is 4.54. The maximum Gasteiger partial charge on any atom is 0.157 e. The van der Waals surface area contributed by atoms with E-state index in [1.807, 2.05) is 0 Å². The quantitative estimate of drug-likeness (QED) is 0.194. The number of ether oxygens (including phenoxy) is 5. The van der Waals surface area contributed by atoms with Gasteiger partial charge in [0.2, 0.25) is 0 Å². The Morgan fingerprint density at radius 2 is 1.15 bits per heavy atom. The Labute approximate surface area is 170 Å². The van der Waals surface area contributed by atoms with Crippen LogP contribution in [0.1, 0.15) is 39.5 Å². The third-order valence-corrected chi connectivity index (χ3v) is 7.03. The summed E-state index contributed by atoms with van der Waals surface area (Å²) in [6.45, 7) is 4.77. The van der Waals surface area contributed by atoms with E-state index in [4.69, 9.17) is 29.4 Å². The fourth-order valence-corrected chi connectivity index (χ4v) is 5.63. The fourth-order valence-electron chi connectivity index (χ4n) is 2.98. The molecule has 2 atom stereocenters. The lowest BCUT2D eigenvalue weighted by molar-refractivity contribution is -0.102. The van der Waals surface area contributed by atoms with Crippen molar-refractivity contribution in [2.75, 3.05) is 59.6 Å². The summed E-state index contributed by atoms with van der Waals surface area (Å²) in [6, 6.07) is 0. The van der Waals surface area contributed by atoms with Gasteiger partial charge in [0, 0.05) is 47.8 Å². The Hall–Kier alpha value is 0.620. The number of methoxy groups -OCH3 is 4. The third kappa shape index (κ3) is 13.5. The molecular weight excluding hydrogens is 384 g/mol. The molecule has 0 bridgehead atoms. The van der Waals surface area contributed by atoms with Gasteiger partial charge in [0.05, 0.1) is 11.7 Å². The first-order valence-corrected chi connectivity index (χ1v) is 12.7. The zero-order valence-corrected chi connectivity index (χ0v) is 20.2. The van der Waals surface area contributed by atoms with E-state index >= 15 is 0 Å². The van der Waals surface area contributed by atoms with Crippen molar-refractivity contribution in [2.45, 2.75) is 63.8 Å². The van der Waals surface area contributed by atoms with Crippen LogP contribution < -0.4 is 5.73 Å². The first-order valence-electron chi connectivity index (χ1n) is 9.87. The maximum atomic E-state index is 6.31. The second-order valence-corrected chi connectivity index (χ2v) is 9.93. The number of nitrogens with two attached hydrogens (primary N) is 1. The second-order valence-electron chi connectivity index (χ2n) is 6.93. The van der Waals surface area contributed by atoms with E-state index in [1.54, 1.807) is 28.4 Å². The van der Waals surface area contributed by atoms with Crippen molar-refractivity contribution < 1.29 is 23.7 Å². The molecule has 6 nitrogen and oxygen atoms in total. The van der Waals surface area contributed by atoms with Gasteiger partial charge in [0.15, 0.2) is 12.6 Å². The molecule has 8 heteroatoms. The maximum absolute atomic E-state index is 6.31. The fraction of sp³-hybridized carbons (Fsp3) is 1.00. The molecule has 0 saturated carbocycles. The highest BCUT2D eigenvalue weighted by molar-refractivity contribution is 7.38. The molecule has 164 valence electrons. The average molecular weight is 428 g/mol. The molecule has 0 radical (unpaired) electrons. The van der Waals surface area contributed by atoms with E-state index in [0.29, 0.717) is 6.54 Å². The predicted molar refractivity (Wildman–Crippen MR) is 118 cm³/mol. The summed E-state index contributed by atoms with van der Waals surface area (Å²) < 4.78 is 27.3. The van der Waals surface area contributed by atoms with E-state index < -0.39 is 0 Å². The standard InChI is InChI=1S/C19H43NO5P2/c1-16(2)25-19(15-20,9-13-26-11-7-17(21-3)22-4)10-14-27-12-8-18(23-5)24-6/h16-18,26-27H,7-15,20H2,1-6H3. The van der Waals surface area contributed by atoms with Crippen molar-refractivity contribution in [3.63, 3.8) is 0 Å². The Bertz CT molecular complexity index is 307. The first kappa shape index (κ1) is 27.6. The smallest absolute Gasteiger partial charge is 0.157 e. The van der Waals surface area contributed by atoms with Crippen molar-refractivity contribution >= 4 is 17.2 Å². The summed E-state index contributed by atoms with van der Waals surface area (Å²) in [5.41, 5.74) is 5.97. The van der Waals surface area contributed by atoms with Crippen molar-refractivity contribution in [2.24, 2.45) is 5.73 Å². The van der Waals surface area contributed by atoms with E-state index in [-0.39, 0.29) is 24.3 Å². The van der Waals surface area contributed by atoms with Crippen LogP contribution >= 0.6 is 17.2 Å². The normalized spacial score (nSPS) is 15.3. The number of hydrogen-bond donors (Lipinski definition) is 1. The van der Waals surface area contributed by atoms with Gasteiger partial charge in [0.25, 0.3) is 0 Å². The molecule has 0 aliphatic heterocycles. The molecule has 0 saturated heterocycles. The molecule has 0 spiro atoms. The molecule has 0 heterocycles. The van der Waals surface area contributed by atoms with E-state index in [1.165, 1.54) is 0 Å². The summed E-state index contributed by atoms with van der Waals surface area (Å²) in [7, 11) is 8.52. The summed E-state index contributed by atoms with van der Waals surface area (Å²) in [4.78, 5) is 0. The van der Waals surface area contributed by atoms with Crippen molar-refractivity contribution in [1.29, 1.82) is 0 Å². The summed E-state index contributed by atoms with van der Waals surface area (Å²) >= 11 is 0. The minimum absolute atomic E-state index is 0.0899. The molecule has 0 aliphatic rings. The summed E-state index contributed by atoms with van der Waals surface area (Å²) in [5.74, 6) is 0. The molecule has 2 unspecified atom stereocenters. The highest BCUT2D eigenvalue weighted by Crippen LogP contribution is 2.30. The van der Waals surface area contributed by atoms with Crippen LogP contribution in [0, 0.1) is 0 Å². The van der Waals surface area contributed by atoms with Crippen LogP contribution in [-0.2, 0) is 23.7 Å². The summed E-state index contributed by atoms with van der Waals surface area (Å²) in [6.07, 6.45) is 8.45. The second kappa shape index (κ2) is 17.5. The van der Waals surface area contributed by atoms with E-state index in [9.17, 15) is 0 Å². The van der Waals surface area contributed by atoms with Crippen LogP contribution in [0.3, 0.4) is 0 Å². The summed E-state index contributed by atoms with van der Waals surface area (Å²) in [5, 5.41) is 0. The van der Waals surface area contributed by atoms with Crippen molar-refractivity contribution in [1.82, 2.24) is 0 Å². The number of hydrogen-bond acceptors (Lipinski definition) is 6. The van der Waals surface area contributed by atoms with Gasteiger partial charge in [0.1, 0.15) is 0 Å². The monoisotopic (exact) mass is 427 g/mol. The van der Waals surface area contributed by atoms with Crippen LogP contribution in [0.2, 0.25) is 0 Å². The topological polar surface area (TPSA) is 72.2 Å². The van der Waals surface area contributed by atoms with Gasteiger partial charge in [-0.2, -0.15) is 0 Å². The van der Waals surface area contributed by atoms with E-state index in [0.717, 1.165) is 67.5 Å². The molecule has 0 fully saturated rings. The molecule has 27 heavy (non-hydrogen) atoms. The Kier molecular flexibility index (Phi) is 17.9. The van der Waals surface area contributed by atoms with Crippen LogP contribution in [0.25, 0.3) is 0 Å². The molecule has 0 aromatic carbocycles. The minimum Gasteiger partial charge on any atom is -0.371 e. The lowest BCUT2D eigenvalue weighted by Gasteiger charge is -2.35. The van der Waals surface area contributed by atoms with Crippen molar-refractivity contribution in [3.05, 3.63) is 0 Å². The van der Waals surface area contributed by atoms with Crippen LogP contribution in [0.5, 0.6) is 0 Å². The highest BCUT2D eigenvalue weighted by atomic mass is 31.1. The molecule has 2 N–H and O–H groups in total. The van der Waals surface area contributed by atoms with Gasteiger partial charge >= 0.3 is 0 Å². The zero-order valence-electron chi connectivity index (χ0n) is 18.2.